The topological polar surface area (TPSA) is 24.4 Å². The van der Waals surface area contributed by atoms with Crippen LogP contribution in [-0.2, 0) is 0 Å². The lowest BCUT2D eigenvalue weighted by atomic mass is 10.3. The fraction of sp³-hybridized carbons (Fsp3) is 0.300. The van der Waals surface area contributed by atoms with Crippen LogP contribution < -0.4 is 5.32 Å². The minimum atomic E-state index is 0.720. The smallest absolute Gasteiger partial charge is 0.100 e. The number of hydrogen-bond acceptors (Lipinski definition) is 1. The van der Waals surface area contributed by atoms with E-state index in [1.165, 1.54) is 0 Å². The van der Waals surface area contributed by atoms with Gasteiger partial charge < -0.3 is 5.32 Å². The van der Waals surface area contributed by atoms with Gasteiger partial charge in [-0.2, -0.15) is 0 Å². The zero-order valence-corrected chi connectivity index (χ0v) is 8.60. The standard InChI is InChI=1S/C10H13ClN2/c1-3-10(12-2)13-9-7-5-4-6-8(9)11/h4-7H,3H2,1-2H3,(H,12,13). The van der Waals surface area contributed by atoms with Gasteiger partial charge in [0.25, 0.3) is 0 Å². The molecule has 0 amide bonds. The molecule has 0 atom stereocenters. The second-order valence-electron chi connectivity index (χ2n) is 2.63. The van der Waals surface area contributed by atoms with E-state index in [0.717, 1.165) is 23.0 Å². The summed E-state index contributed by atoms with van der Waals surface area (Å²) < 4.78 is 0. The van der Waals surface area contributed by atoms with Crippen LogP contribution in [0.1, 0.15) is 13.3 Å². The van der Waals surface area contributed by atoms with E-state index >= 15 is 0 Å². The first-order chi connectivity index (χ1) is 6.27. The lowest BCUT2D eigenvalue weighted by molar-refractivity contribution is 1.23. The molecule has 2 nitrogen and oxygen atoms in total. The van der Waals surface area contributed by atoms with E-state index in [4.69, 9.17) is 11.6 Å². The van der Waals surface area contributed by atoms with Crippen molar-refractivity contribution in [3.05, 3.63) is 29.3 Å². The molecule has 0 aliphatic carbocycles. The summed E-state index contributed by atoms with van der Waals surface area (Å²) in [4.78, 5) is 4.09. The van der Waals surface area contributed by atoms with Crippen LogP contribution in [0, 0.1) is 0 Å². The van der Waals surface area contributed by atoms with Crippen LogP contribution in [0.5, 0.6) is 0 Å². The maximum absolute atomic E-state index is 5.96. The van der Waals surface area contributed by atoms with Crippen molar-refractivity contribution in [2.24, 2.45) is 4.99 Å². The van der Waals surface area contributed by atoms with Gasteiger partial charge in [-0.05, 0) is 12.1 Å². The van der Waals surface area contributed by atoms with Crippen molar-refractivity contribution in [1.29, 1.82) is 0 Å². The molecule has 0 radical (unpaired) electrons. The first-order valence-electron chi connectivity index (χ1n) is 4.25. The van der Waals surface area contributed by atoms with Gasteiger partial charge in [0.05, 0.1) is 10.7 Å². The van der Waals surface area contributed by atoms with Gasteiger partial charge in [-0.1, -0.05) is 30.7 Å². The average Bonchev–Trinajstić information content (AvgIpc) is 2.17. The number of hydrogen-bond donors (Lipinski definition) is 1. The van der Waals surface area contributed by atoms with Crippen LogP contribution in [0.3, 0.4) is 0 Å². The lowest BCUT2D eigenvalue weighted by Gasteiger charge is -2.08. The average molecular weight is 197 g/mol. The minimum absolute atomic E-state index is 0.720. The highest BCUT2D eigenvalue weighted by Gasteiger charge is 1.99. The predicted molar refractivity (Wildman–Crippen MR) is 58.7 cm³/mol. The first kappa shape index (κ1) is 10.1. The molecule has 0 spiro atoms. The Morgan fingerprint density at radius 2 is 2.15 bits per heavy atom. The number of anilines is 1. The van der Waals surface area contributed by atoms with Gasteiger partial charge >= 0.3 is 0 Å². The number of nitrogens with one attached hydrogen (secondary N) is 1. The van der Waals surface area contributed by atoms with Crippen molar-refractivity contribution in [2.75, 3.05) is 12.4 Å². The van der Waals surface area contributed by atoms with Gasteiger partial charge in [0.1, 0.15) is 5.84 Å². The molecule has 0 fully saturated rings. The van der Waals surface area contributed by atoms with Crippen molar-refractivity contribution in [2.45, 2.75) is 13.3 Å². The van der Waals surface area contributed by atoms with Crippen LogP contribution in [0.2, 0.25) is 5.02 Å². The number of aliphatic imine (C=N–C) groups is 1. The number of benzene rings is 1. The van der Waals surface area contributed by atoms with Gasteiger partial charge in [0.2, 0.25) is 0 Å². The molecule has 13 heavy (non-hydrogen) atoms. The molecule has 3 heteroatoms. The van der Waals surface area contributed by atoms with E-state index in [1.54, 1.807) is 7.05 Å². The second kappa shape index (κ2) is 4.87. The number of para-hydroxylation sites is 1. The largest absolute Gasteiger partial charge is 0.343 e. The molecule has 0 aliphatic heterocycles. The zero-order valence-electron chi connectivity index (χ0n) is 7.84. The van der Waals surface area contributed by atoms with Crippen LogP contribution in [0.15, 0.2) is 29.3 Å². The molecular formula is C10H13ClN2. The second-order valence-corrected chi connectivity index (χ2v) is 3.04. The number of rotatable bonds is 2. The summed E-state index contributed by atoms with van der Waals surface area (Å²) in [6.45, 7) is 2.05. The highest BCUT2D eigenvalue weighted by Crippen LogP contribution is 2.20. The van der Waals surface area contributed by atoms with E-state index in [1.807, 2.05) is 31.2 Å². The third kappa shape index (κ3) is 2.74. The molecule has 0 unspecified atom stereocenters. The minimum Gasteiger partial charge on any atom is -0.343 e. The Balaban J connectivity index is 2.80. The van der Waals surface area contributed by atoms with Crippen molar-refractivity contribution in [3.63, 3.8) is 0 Å². The molecule has 0 aliphatic rings. The first-order valence-corrected chi connectivity index (χ1v) is 4.63. The number of amidine groups is 1. The fourth-order valence-corrected chi connectivity index (χ4v) is 1.20. The van der Waals surface area contributed by atoms with Crippen molar-refractivity contribution in [3.8, 4) is 0 Å². The van der Waals surface area contributed by atoms with E-state index in [-0.39, 0.29) is 0 Å². The van der Waals surface area contributed by atoms with Crippen LogP contribution in [-0.4, -0.2) is 12.9 Å². The Kier molecular flexibility index (Phi) is 3.77. The summed E-state index contributed by atoms with van der Waals surface area (Å²) in [6.07, 6.45) is 0.877. The Hall–Kier alpha value is -1.02. The molecule has 0 saturated heterocycles. The Morgan fingerprint density at radius 1 is 1.46 bits per heavy atom. The van der Waals surface area contributed by atoms with Gasteiger partial charge in [0.15, 0.2) is 0 Å². The normalized spacial score (nSPS) is 11.5. The monoisotopic (exact) mass is 196 g/mol. The van der Waals surface area contributed by atoms with Crippen LogP contribution >= 0.6 is 11.6 Å². The Bertz CT molecular complexity index is 308. The molecule has 1 N–H and O–H groups in total. The molecule has 70 valence electrons. The summed E-state index contributed by atoms with van der Waals surface area (Å²) in [5.74, 6) is 0.938. The molecule has 0 aromatic heterocycles. The van der Waals surface area contributed by atoms with Crippen molar-refractivity contribution >= 4 is 23.1 Å². The van der Waals surface area contributed by atoms with Gasteiger partial charge in [0, 0.05) is 13.5 Å². The van der Waals surface area contributed by atoms with Crippen LogP contribution in [0.25, 0.3) is 0 Å². The molecule has 0 heterocycles. The van der Waals surface area contributed by atoms with E-state index in [0.29, 0.717) is 0 Å². The third-order valence-corrected chi connectivity index (χ3v) is 2.09. The van der Waals surface area contributed by atoms with Crippen molar-refractivity contribution in [1.82, 2.24) is 0 Å². The molecule has 1 aromatic carbocycles. The lowest BCUT2D eigenvalue weighted by Crippen LogP contribution is -2.10. The van der Waals surface area contributed by atoms with E-state index in [2.05, 4.69) is 10.3 Å². The maximum atomic E-state index is 5.96. The summed E-state index contributed by atoms with van der Waals surface area (Å²) in [6, 6.07) is 7.63. The Morgan fingerprint density at radius 3 is 2.69 bits per heavy atom. The van der Waals surface area contributed by atoms with Crippen LogP contribution in [0.4, 0.5) is 5.69 Å². The van der Waals surface area contributed by atoms with Gasteiger partial charge in [-0.25, -0.2) is 0 Å². The van der Waals surface area contributed by atoms with Crippen molar-refractivity contribution < 1.29 is 0 Å². The molecule has 0 bridgehead atoms. The van der Waals surface area contributed by atoms with Gasteiger partial charge in [-0.3, -0.25) is 4.99 Å². The highest BCUT2D eigenvalue weighted by atomic mass is 35.5. The van der Waals surface area contributed by atoms with Gasteiger partial charge in [-0.15, -0.1) is 0 Å². The highest BCUT2D eigenvalue weighted by molar-refractivity contribution is 6.33. The molecular weight excluding hydrogens is 184 g/mol. The summed E-state index contributed by atoms with van der Waals surface area (Å²) in [5.41, 5.74) is 0.909. The zero-order chi connectivity index (χ0) is 9.68. The predicted octanol–water partition coefficient (Wildman–Crippen LogP) is 3.19. The molecule has 0 saturated carbocycles. The molecule has 1 rings (SSSR count). The summed E-state index contributed by atoms with van der Waals surface area (Å²) >= 11 is 5.96. The number of nitrogens with zero attached hydrogens (tertiary/aromatic N) is 1. The SMILES string of the molecule is CCC(=NC)Nc1ccccc1Cl. The fourth-order valence-electron chi connectivity index (χ4n) is 1.02. The van der Waals surface area contributed by atoms with E-state index in [9.17, 15) is 0 Å². The third-order valence-electron chi connectivity index (χ3n) is 1.76. The molecule has 1 aromatic rings. The van der Waals surface area contributed by atoms with E-state index < -0.39 is 0 Å². The summed E-state index contributed by atoms with van der Waals surface area (Å²) in [7, 11) is 1.77. The summed E-state index contributed by atoms with van der Waals surface area (Å²) in [5, 5.41) is 3.88. The number of halogens is 1. The quantitative estimate of drug-likeness (QED) is 0.570. The Labute approximate surface area is 83.6 Å². The maximum Gasteiger partial charge on any atom is 0.100 e.